The number of nitro benzene ring substituents is 1. The number of nitrogens with zero attached hydrogens (tertiary/aromatic N) is 2. The molecule has 0 spiro atoms. The Labute approximate surface area is 121 Å². The molecule has 2 rings (SSSR count). The second-order valence-corrected chi connectivity index (χ2v) is 5.37. The molecule has 1 unspecified atom stereocenters. The van der Waals surface area contributed by atoms with Crippen molar-refractivity contribution in [3.63, 3.8) is 0 Å². The second-order valence-electron chi connectivity index (χ2n) is 4.96. The number of hydrogen-bond acceptors (Lipinski definition) is 4. The summed E-state index contributed by atoms with van der Waals surface area (Å²) in [7, 11) is 0. The minimum Gasteiger partial charge on any atom is -0.352 e. The van der Waals surface area contributed by atoms with Crippen molar-refractivity contribution in [1.82, 2.24) is 10.2 Å². The highest BCUT2D eigenvalue weighted by molar-refractivity contribution is 6.32. The van der Waals surface area contributed by atoms with Crippen LogP contribution in [0.3, 0.4) is 0 Å². The summed E-state index contributed by atoms with van der Waals surface area (Å²) in [5.74, 6) is -0.0287. The molecule has 0 saturated carbocycles. The molecule has 0 aliphatic carbocycles. The van der Waals surface area contributed by atoms with Crippen molar-refractivity contribution in [3.8, 4) is 0 Å². The van der Waals surface area contributed by atoms with Crippen molar-refractivity contribution >= 4 is 23.2 Å². The molecule has 1 aromatic rings. The van der Waals surface area contributed by atoms with Crippen molar-refractivity contribution in [1.29, 1.82) is 0 Å². The van der Waals surface area contributed by atoms with Gasteiger partial charge in [0.05, 0.1) is 4.92 Å². The summed E-state index contributed by atoms with van der Waals surface area (Å²) in [5, 5.41) is 13.9. The first-order chi connectivity index (χ1) is 9.45. The largest absolute Gasteiger partial charge is 0.352 e. The van der Waals surface area contributed by atoms with Gasteiger partial charge in [-0.25, -0.2) is 0 Å². The zero-order valence-electron chi connectivity index (χ0n) is 11.1. The number of carbonyl (C=O) groups excluding carboxylic acids is 1. The van der Waals surface area contributed by atoms with Crippen LogP contribution in [-0.4, -0.2) is 34.9 Å². The third kappa shape index (κ3) is 3.68. The molecule has 1 N–H and O–H groups in total. The number of hydrogen-bond donors (Lipinski definition) is 1. The topological polar surface area (TPSA) is 75.5 Å². The third-order valence-corrected chi connectivity index (χ3v) is 3.61. The van der Waals surface area contributed by atoms with E-state index < -0.39 is 4.92 Å². The van der Waals surface area contributed by atoms with Gasteiger partial charge in [-0.3, -0.25) is 19.8 Å². The average molecular weight is 298 g/mol. The monoisotopic (exact) mass is 297 g/mol. The van der Waals surface area contributed by atoms with Gasteiger partial charge in [0.2, 0.25) is 5.91 Å². The Morgan fingerprint density at radius 2 is 2.35 bits per heavy atom. The summed E-state index contributed by atoms with van der Waals surface area (Å²) in [4.78, 5) is 23.5. The van der Waals surface area contributed by atoms with Crippen LogP contribution in [0.5, 0.6) is 0 Å². The Morgan fingerprint density at radius 3 is 3.00 bits per heavy atom. The normalized spacial score (nSPS) is 19.0. The van der Waals surface area contributed by atoms with Gasteiger partial charge in [-0.05, 0) is 18.1 Å². The molecule has 1 heterocycles. The average Bonchev–Trinajstić information content (AvgIpc) is 2.77. The molecule has 108 valence electrons. The highest BCUT2D eigenvalue weighted by atomic mass is 35.5. The number of nitro groups is 1. The van der Waals surface area contributed by atoms with E-state index in [9.17, 15) is 14.9 Å². The van der Waals surface area contributed by atoms with Gasteiger partial charge < -0.3 is 5.32 Å². The van der Waals surface area contributed by atoms with E-state index in [2.05, 4.69) is 10.2 Å². The molecule has 20 heavy (non-hydrogen) atoms. The van der Waals surface area contributed by atoms with Gasteiger partial charge >= 0.3 is 0 Å². The van der Waals surface area contributed by atoms with E-state index in [1.54, 1.807) is 12.1 Å². The molecule has 0 bridgehead atoms. The van der Waals surface area contributed by atoms with Gasteiger partial charge in [0.1, 0.15) is 5.02 Å². The highest BCUT2D eigenvalue weighted by Gasteiger charge is 2.23. The van der Waals surface area contributed by atoms with Gasteiger partial charge in [-0.15, -0.1) is 0 Å². The first-order valence-electron chi connectivity index (χ1n) is 6.38. The predicted octanol–water partition coefficient (Wildman–Crippen LogP) is 1.96. The van der Waals surface area contributed by atoms with Crippen LogP contribution in [0.15, 0.2) is 18.2 Å². The molecule has 1 saturated heterocycles. The smallest absolute Gasteiger partial charge is 0.288 e. The molecule has 0 aromatic heterocycles. The van der Waals surface area contributed by atoms with Gasteiger partial charge in [0.15, 0.2) is 0 Å². The van der Waals surface area contributed by atoms with Crippen molar-refractivity contribution in [2.45, 2.75) is 25.9 Å². The molecule has 1 aliphatic rings. The van der Waals surface area contributed by atoms with E-state index in [1.807, 2.05) is 0 Å². The zero-order chi connectivity index (χ0) is 14.7. The van der Waals surface area contributed by atoms with E-state index in [-0.39, 0.29) is 22.7 Å². The molecular weight excluding hydrogens is 282 g/mol. The van der Waals surface area contributed by atoms with Crippen LogP contribution < -0.4 is 5.32 Å². The lowest BCUT2D eigenvalue weighted by Gasteiger charge is -2.16. The molecule has 1 amide bonds. The fraction of sp³-hybridized carbons (Fsp3) is 0.462. The Morgan fingerprint density at radius 1 is 1.60 bits per heavy atom. The summed E-state index contributed by atoms with van der Waals surface area (Å²) in [5.41, 5.74) is 0.784. The fourth-order valence-electron chi connectivity index (χ4n) is 2.44. The lowest BCUT2D eigenvalue weighted by atomic mass is 10.2. The maximum absolute atomic E-state index is 11.0. The third-order valence-electron chi connectivity index (χ3n) is 3.29. The molecule has 1 aliphatic heterocycles. The zero-order valence-corrected chi connectivity index (χ0v) is 11.9. The summed E-state index contributed by atoms with van der Waals surface area (Å²) in [6.45, 7) is 3.75. The SMILES string of the molecule is CC(=O)NC1CCN(Cc2ccc(Cl)c([N+](=O)[O-])c2)C1. The Hall–Kier alpha value is -1.66. The van der Waals surface area contributed by atoms with Gasteiger partial charge in [0, 0.05) is 38.7 Å². The number of nitrogens with one attached hydrogen (secondary N) is 1. The molecular formula is C13H16ClN3O3. The van der Waals surface area contributed by atoms with E-state index >= 15 is 0 Å². The number of amides is 1. The van der Waals surface area contributed by atoms with Crippen LogP contribution >= 0.6 is 11.6 Å². The van der Waals surface area contributed by atoms with E-state index in [1.165, 1.54) is 13.0 Å². The Kier molecular flexibility index (Phi) is 4.57. The predicted molar refractivity (Wildman–Crippen MR) is 75.6 cm³/mol. The Bertz CT molecular complexity index is 536. The second kappa shape index (κ2) is 6.19. The van der Waals surface area contributed by atoms with Crippen LogP contribution in [0, 0.1) is 10.1 Å². The summed E-state index contributed by atoms with van der Waals surface area (Å²) in [6.07, 6.45) is 0.898. The minimum atomic E-state index is -0.476. The lowest BCUT2D eigenvalue weighted by molar-refractivity contribution is -0.384. The summed E-state index contributed by atoms with van der Waals surface area (Å²) < 4.78 is 0. The maximum Gasteiger partial charge on any atom is 0.288 e. The van der Waals surface area contributed by atoms with Crippen molar-refractivity contribution in [3.05, 3.63) is 38.9 Å². The van der Waals surface area contributed by atoms with Crippen LogP contribution in [0.25, 0.3) is 0 Å². The fourth-order valence-corrected chi connectivity index (χ4v) is 2.62. The molecule has 6 nitrogen and oxygen atoms in total. The van der Waals surface area contributed by atoms with Gasteiger partial charge in [0.25, 0.3) is 5.69 Å². The van der Waals surface area contributed by atoms with Crippen molar-refractivity contribution in [2.24, 2.45) is 0 Å². The van der Waals surface area contributed by atoms with E-state index in [0.29, 0.717) is 6.54 Å². The minimum absolute atomic E-state index is 0.0287. The lowest BCUT2D eigenvalue weighted by Crippen LogP contribution is -2.35. The number of rotatable bonds is 4. The van der Waals surface area contributed by atoms with E-state index in [0.717, 1.165) is 25.1 Å². The van der Waals surface area contributed by atoms with Crippen LogP contribution in [0.2, 0.25) is 5.02 Å². The molecule has 1 aromatic carbocycles. The molecule has 1 fully saturated rings. The van der Waals surface area contributed by atoms with Gasteiger partial charge in [-0.2, -0.15) is 0 Å². The number of likely N-dealkylation sites (tertiary alicyclic amines) is 1. The number of halogens is 1. The molecule has 1 atom stereocenters. The van der Waals surface area contributed by atoms with Crippen molar-refractivity contribution < 1.29 is 9.72 Å². The number of benzene rings is 1. The molecule has 7 heteroatoms. The summed E-state index contributed by atoms with van der Waals surface area (Å²) >= 11 is 5.79. The van der Waals surface area contributed by atoms with Crippen LogP contribution in [0.1, 0.15) is 18.9 Å². The molecule has 0 radical (unpaired) electrons. The van der Waals surface area contributed by atoms with Crippen molar-refractivity contribution in [2.75, 3.05) is 13.1 Å². The summed E-state index contributed by atoms with van der Waals surface area (Å²) in [6, 6.07) is 5.01. The standard InChI is InChI=1S/C13H16ClN3O3/c1-9(18)15-11-4-5-16(8-11)7-10-2-3-12(14)13(6-10)17(19)20/h2-3,6,11H,4-5,7-8H2,1H3,(H,15,18). The van der Waals surface area contributed by atoms with Crippen LogP contribution in [-0.2, 0) is 11.3 Å². The van der Waals surface area contributed by atoms with E-state index in [4.69, 9.17) is 11.6 Å². The first-order valence-corrected chi connectivity index (χ1v) is 6.76. The first kappa shape index (κ1) is 14.7. The quantitative estimate of drug-likeness (QED) is 0.681. The maximum atomic E-state index is 11.0. The van der Waals surface area contributed by atoms with Crippen LogP contribution in [0.4, 0.5) is 5.69 Å². The Balaban J connectivity index is 1.99. The van der Waals surface area contributed by atoms with Gasteiger partial charge in [-0.1, -0.05) is 17.7 Å². The highest BCUT2D eigenvalue weighted by Crippen LogP contribution is 2.26. The number of carbonyl (C=O) groups is 1.